The Hall–Kier alpha value is -3.61. The van der Waals surface area contributed by atoms with E-state index < -0.39 is 12.1 Å². The van der Waals surface area contributed by atoms with Crippen LogP contribution in [0.1, 0.15) is 25.0 Å². The summed E-state index contributed by atoms with van der Waals surface area (Å²) in [5, 5.41) is 5.28. The normalized spacial score (nSPS) is 11.5. The van der Waals surface area contributed by atoms with Crippen molar-refractivity contribution in [1.29, 1.82) is 0 Å². The Morgan fingerprint density at radius 1 is 1.00 bits per heavy atom. The molecule has 2 aromatic carbocycles. The maximum absolute atomic E-state index is 12.4. The van der Waals surface area contributed by atoms with E-state index in [0.29, 0.717) is 5.69 Å². The first-order chi connectivity index (χ1) is 14.0. The SMILES string of the molecule is CC(=O)OC/C=C\c1ccccc1NC(=O)[C@H](C)NC(=O)OCc1ccccc1. The summed E-state index contributed by atoms with van der Waals surface area (Å²) in [6, 6.07) is 15.6. The summed E-state index contributed by atoms with van der Waals surface area (Å²) < 4.78 is 9.97. The molecule has 0 aliphatic rings. The van der Waals surface area contributed by atoms with Gasteiger partial charge < -0.3 is 20.1 Å². The van der Waals surface area contributed by atoms with Crippen LogP contribution < -0.4 is 10.6 Å². The largest absolute Gasteiger partial charge is 0.462 e. The van der Waals surface area contributed by atoms with Gasteiger partial charge in [0, 0.05) is 12.6 Å². The molecule has 152 valence electrons. The minimum Gasteiger partial charge on any atom is -0.462 e. The van der Waals surface area contributed by atoms with Gasteiger partial charge in [0.2, 0.25) is 5.91 Å². The number of rotatable bonds is 8. The van der Waals surface area contributed by atoms with Crippen molar-refractivity contribution in [2.24, 2.45) is 0 Å². The first-order valence-corrected chi connectivity index (χ1v) is 9.12. The van der Waals surface area contributed by atoms with Gasteiger partial charge in [-0.1, -0.05) is 54.6 Å². The molecule has 2 N–H and O–H groups in total. The summed E-state index contributed by atoms with van der Waals surface area (Å²) in [6.45, 7) is 3.17. The van der Waals surface area contributed by atoms with Gasteiger partial charge in [-0.3, -0.25) is 9.59 Å². The lowest BCUT2D eigenvalue weighted by atomic mass is 10.1. The van der Waals surface area contributed by atoms with Gasteiger partial charge >= 0.3 is 12.1 Å². The van der Waals surface area contributed by atoms with Gasteiger partial charge in [-0.2, -0.15) is 0 Å². The van der Waals surface area contributed by atoms with Crippen LogP contribution in [0.3, 0.4) is 0 Å². The minimum absolute atomic E-state index is 0.122. The summed E-state index contributed by atoms with van der Waals surface area (Å²) in [5.74, 6) is -0.752. The second-order valence-corrected chi connectivity index (χ2v) is 6.21. The smallest absolute Gasteiger partial charge is 0.408 e. The van der Waals surface area contributed by atoms with Crippen molar-refractivity contribution >= 4 is 29.7 Å². The van der Waals surface area contributed by atoms with Crippen molar-refractivity contribution in [2.75, 3.05) is 11.9 Å². The molecular weight excluding hydrogens is 372 g/mol. The van der Waals surface area contributed by atoms with Gasteiger partial charge in [0.15, 0.2) is 0 Å². The lowest BCUT2D eigenvalue weighted by Crippen LogP contribution is -2.41. The third-order valence-corrected chi connectivity index (χ3v) is 3.84. The molecule has 0 bridgehead atoms. The highest BCUT2D eigenvalue weighted by atomic mass is 16.5. The van der Waals surface area contributed by atoms with E-state index in [0.717, 1.165) is 11.1 Å². The molecule has 0 spiro atoms. The molecule has 0 fully saturated rings. The Labute approximate surface area is 169 Å². The summed E-state index contributed by atoms with van der Waals surface area (Å²) >= 11 is 0. The average Bonchev–Trinajstić information content (AvgIpc) is 2.71. The fraction of sp³-hybridized carbons (Fsp3) is 0.227. The molecule has 0 aromatic heterocycles. The molecule has 0 aliphatic heterocycles. The molecule has 0 radical (unpaired) electrons. The predicted molar refractivity (Wildman–Crippen MR) is 110 cm³/mol. The molecule has 29 heavy (non-hydrogen) atoms. The second-order valence-electron chi connectivity index (χ2n) is 6.21. The van der Waals surface area contributed by atoms with Crippen molar-refractivity contribution in [1.82, 2.24) is 5.32 Å². The Kier molecular flexibility index (Phi) is 8.44. The van der Waals surface area contributed by atoms with Crippen molar-refractivity contribution < 1.29 is 23.9 Å². The van der Waals surface area contributed by atoms with Crippen molar-refractivity contribution in [2.45, 2.75) is 26.5 Å². The highest BCUT2D eigenvalue weighted by Gasteiger charge is 2.17. The van der Waals surface area contributed by atoms with Crippen LogP contribution in [0, 0.1) is 0 Å². The second kappa shape index (κ2) is 11.3. The van der Waals surface area contributed by atoms with E-state index in [4.69, 9.17) is 9.47 Å². The first kappa shape index (κ1) is 21.7. The maximum atomic E-state index is 12.4. The Morgan fingerprint density at radius 2 is 1.69 bits per heavy atom. The number of ether oxygens (including phenoxy) is 2. The number of alkyl carbamates (subject to hydrolysis) is 1. The number of nitrogens with one attached hydrogen (secondary N) is 2. The summed E-state index contributed by atoms with van der Waals surface area (Å²) in [7, 11) is 0. The molecule has 2 rings (SSSR count). The van der Waals surface area contributed by atoms with Crippen LogP contribution in [-0.4, -0.2) is 30.6 Å². The molecule has 1 atom stereocenters. The number of esters is 1. The molecular formula is C22H24N2O5. The molecule has 0 saturated carbocycles. The fourth-order valence-corrected chi connectivity index (χ4v) is 2.34. The lowest BCUT2D eigenvalue weighted by molar-refractivity contribution is -0.139. The molecule has 2 aromatic rings. The number of benzene rings is 2. The molecule has 0 heterocycles. The number of hydrogen-bond acceptors (Lipinski definition) is 5. The van der Waals surface area contributed by atoms with Gasteiger partial charge in [-0.15, -0.1) is 0 Å². The number of hydrogen-bond donors (Lipinski definition) is 2. The number of carbonyl (C=O) groups is 3. The van der Waals surface area contributed by atoms with Crippen LogP contribution in [0.25, 0.3) is 6.08 Å². The number of carbonyl (C=O) groups excluding carboxylic acids is 3. The van der Waals surface area contributed by atoms with Gasteiger partial charge in [-0.05, 0) is 30.2 Å². The van der Waals surface area contributed by atoms with Crippen LogP contribution in [0.15, 0.2) is 60.7 Å². The molecule has 0 saturated heterocycles. The Balaban J connectivity index is 1.87. The number of amides is 2. The van der Waals surface area contributed by atoms with E-state index in [1.54, 1.807) is 31.2 Å². The summed E-state index contributed by atoms with van der Waals surface area (Å²) in [5.41, 5.74) is 2.17. The van der Waals surface area contributed by atoms with E-state index in [2.05, 4.69) is 10.6 Å². The molecule has 7 nitrogen and oxygen atoms in total. The van der Waals surface area contributed by atoms with Crippen LogP contribution in [0.2, 0.25) is 0 Å². The Morgan fingerprint density at radius 3 is 2.41 bits per heavy atom. The van der Waals surface area contributed by atoms with Gasteiger partial charge in [-0.25, -0.2) is 4.79 Å². The summed E-state index contributed by atoms with van der Waals surface area (Å²) in [6.07, 6.45) is 2.74. The minimum atomic E-state index is -0.795. The highest BCUT2D eigenvalue weighted by molar-refractivity contribution is 5.97. The molecule has 0 aliphatic carbocycles. The zero-order chi connectivity index (χ0) is 21.1. The van der Waals surface area contributed by atoms with Crippen molar-refractivity contribution in [3.8, 4) is 0 Å². The number of anilines is 1. The standard InChI is InChI=1S/C22H24N2O5/c1-16(23-22(27)29-15-18-9-4-3-5-10-18)21(26)24-20-13-7-6-11-19(20)12-8-14-28-17(2)25/h3-13,16H,14-15H2,1-2H3,(H,23,27)(H,24,26)/b12-8-/t16-/m0/s1. The van der Waals surface area contributed by atoms with Crippen LogP contribution in [-0.2, 0) is 25.7 Å². The zero-order valence-electron chi connectivity index (χ0n) is 16.4. The van der Waals surface area contributed by atoms with Gasteiger partial charge in [0.05, 0.1) is 0 Å². The van der Waals surface area contributed by atoms with E-state index >= 15 is 0 Å². The molecule has 7 heteroatoms. The van der Waals surface area contributed by atoms with Crippen molar-refractivity contribution in [3.05, 3.63) is 71.8 Å². The fourth-order valence-electron chi connectivity index (χ4n) is 2.34. The van der Waals surface area contributed by atoms with E-state index in [-0.39, 0.29) is 25.1 Å². The predicted octanol–water partition coefficient (Wildman–Crippen LogP) is 3.52. The number of para-hydroxylation sites is 1. The topological polar surface area (TPSA) is 93.7 Å². The third-order valence-electron chi connectivity index (χ3n) is 3.84. The van der Waals surface area contributed by atoms with E-state index in [1.165, 1.54) is 6.92 Å². The zero-order valence-corrected chi connectivity index (χ0v) is 16.4. The molecule has 2 amide bonds. The van der Waals surface area contributed by atoms with Crippen LogP contribution >= 0.6 is 0 Å². The van der Waals surface area contributed by atoms with Gasteiger partial charge in [0.1, 0.15) is 19.3 Å². The lowest BCUT2D eigenvalue weighted by Gasteiger charge is -2.15. The van der Waals surface area contributed by atoms with Crippen LogP contribution in [0.4, 0.5) is 10.5 Å². The summed E-state index contributed by atoms with van der Waals surface area (Å²) in [4.78, 5) is 35.1. The molecule has 0 unspecified atom stereocenters. The average molecular weight is 396 g/mol. The Bertz CT molecular complexity index is 865. The van der Waals surface area contributed by atoms with E-state index in [9.17, 15) is 14.4 Å². The maximum Gasteiger partial charge on any atom is 0.408 e. The van der Waals surface area contributed by atoms with Gasteiger partial charge in [0.25, 0.3) is 0 Å². The monoisotopic (exact) mass is 396 g/mol. The highest BCUT2D eigenvalue weighted by Crippen LogP contribution is 2.17. The quantitative estimate of drug-likeness (QED) is 0.666. The van der Waals surface area contributed by atoms with E-state index in [1.807, 2.05) is 42.5 Å². The first-order valence-electron chi connectivity index (χ1n) is 9.12. The third kappa shape index (κ3) is 7.88. The van der Waals surface area contributed by atoms with Crippen molar-refractivity contribution in [3.63, 3.8) is 0 Å². The van der Waals surface area contributed by atoms with Crippen LogP contribution in [0.5, 0.6) is 0 Å².